The maximum absolute atomic E-state index is 12.5. The Labute approximate surface area is 108 Å². The molecule has 1 amide bonds. The zero-order chi connectivity index (χ0) is 13.0. The SMILES string of the molecule is COC1CNC(C(=O)N(CCCO)C2CCC2)C1. The molecule has 1 aliphatic heterocycles. The number of nitrogens with zero attached hydrogens (tertiary/aromatic N) is 1. The number of hydrogen-bond donors (Lipinski definition) is 2. The normalized spacial score (nSPS) is 28.1. The topological polar surface area (TPSA) is 61.8 Å². The van der Waals surface area contributed by atoms with Gasteiger partial charge in [-0.15, -0.1) is 0 Å². The molecule has 2 unspecified atom stereocenters. The van der Waals surface area contributed by atoms with Gasteiger partial charge in [0.1, 0.15) is 0 Å². The third kappa shape index (κ3) is 3.02. The Bertz CT molecular complexity index is 281. The first-order chi connectivity index (χ1) is 8.76. The molecule has 0 bridgehead atoms. The summed E-state index contributed by atoms with van der Waals surface area (Å²) in [5.74, 6) is 0.188. The second kappa shape index (κ2) is 6.50. The molecule has 1 saturated heterocycles. The van der Waals surface area contributed by atoms with Crippen molar-refractivity contribution in [1.82, 2.24) is 10.2 Å². The Kier molecular flexibility index (Phi) is 4.97. The van der Waals surface area contributed by atoms with Gasteiger partial charge in [-0.25, -0.2) is 0 Å². The molecule has 1 aliphatic carbocycles. The molecule has 18 heavy (non-hydrogen) atoms. The largest absolute Gasteiger partial charge is 0.396 e. The fourth-order valence-corrected chi connectivity index (χ4v) is 2.68. The molecule has 0 aromatic carbocycles. The van der Waals surface area contributed by atoms with Crippen molar-refractivity contribution < 1.29 is 14.6 Å². The van der Waals surface area contributed by atoms with Gasteiger partial charge in [0, 0.05) is 32.8 Å². The Morgan fingerprint density at radius 1 is 1.50 bits per heavy atom. The van der Waals surface area contributed by atoms with E-state index < -0.39 is 0 Å². The fraction of sp³-hybridized carbons (Fsp3) is 0.923. The van der Waals surface area contributed by atoms with Crippen molar-refractivity contribution in [3.63, 3.8) is 0 Å². The van der Waals surface area contributed by atoms with E-state index in [4.69, 9.17) is 9.84 Å². The molecule has 1 saturated carbocycles. The molecule has 0 aromatic rings. The van der Waals surface area contributed by atoms with Crippen molar-refractivity contribution >= 4 is 5.91 Å². The molecule has 2 aliphatic rings. The van der Waals surface area contributed by atoms with Gasteiger partial charge in [0.15, 0.2) is 0 Å². The predicted octanol–water partition coefficient (Wildman–Crippen LogP) is 0.127. The number of nitrogens with one attached hydrogen (secondary N) is 1. The van der Waals surface area contributed by atoms with Gasteiger partial charge in [0.05, 0.1) is 12.1 Å². The van der Waals surface area contributed by atoms with E-state index in [2.05, 4.69) is 5.32 Å². The van der Waals surface area contributed by atoms with Gasteiger partial charge < -0.3 is 20.1 Å². The zero-order valence-electron chi connectivity index (χ0n) is 11.1. The second-order valence-electron chi connectivity index (χ2n) is 5.25. The van der Waals surface area contributed by atoms with Crippen molar-refractivity contribution in [2.24, 2.45) is 0 Å². The Morgan fingerprint density at radius 2 is 2.28 bits per heavy atom. The standard InChI is InChI=1S/C13H24N2O3/c1-18-11-8-12(14-9-11)13(17)15(6-3-7-16)10-4-2-5-10/h10-12,14,16H,2-9H2,1H3. The highest BCUT2D eigenvalue weighted by molar-refractivity contribution is 5.82. The van der Waals surface area contributed by atoms with Crippen LogP contribution in [-0.2, 0) is 9.53 Å². The quantitative estimate of drug-likeness (QED) is 0.709. The lowest BCUT2D eigenvalue weighted by Gasteiger charge is -2.39. The molecule has 2 N–H and O–H groups in total. The van der Waals surface area contributed by atoms with E-state index in [1.54, 1.807) is 7.11 Å². The second-order valence-corrected chi connectivity index (χ2v) is 5.25. The highest BCUT2D eigenvalue weighted by atomic mass is 16.5. The van der Waals surface area contributed by atoms with Crippen molar-refractivity contribution in [2.45, 2.75) is 50.3 Å². The number of hydrogen-bond acceptors (Lipinski definition) is 4. The van der Waals surface area contributed by atoms with Crippen LogP contribution in [-0.4, -0.2) is 60.9 Å². The van der Waals surface area contributed by atoms with Crippen LogP contribution in [0.1, 0.15) is 32.1 Å². The lowest BCUT2D eigenvalue weighted by molar-refractivity contribution is -0.137. The Balaban J connectivity index is 1.90. The zero-order valence-corrected chi connectivity index (χ0v) is 11.1. The Hall–Kier alpha value is -0.650. The molecular formula is C13H24N2O3. The summed E-state index contributed by atoms with van der Waals surface area (Å²) < 4.78 is 5.28. The maximum atomic E-state index is 12.5. The van der Waals surface area contributed by atoms with Crippen LogP contribution in [0, 0.1) is 0 Å². The third-order valence-electron chi connectivity index (χ3n) is 4.08. The average Bonchev–Trinajstić information content (AvgIpc) is 2.79. The van der Waals surface area contributed by atoms with Crippen LogP contribution >= 0.6 is 0 Å². The van der Waals surface area contributed by atoms with Crippen LogP contribution in [0.15, 0.2) is 0 Å². The molecule has 104 valence electrons. The van der Waals surface area contributed by atoms with Crippen LogP contribution in [0.2, 0.25) is 0 Å². The minimum absolute atomic E-state index is 0.103. The molecule has 0 radical (unpaired) electrons. The van der Waals surface area contributed by atoms with Gasteiger partial charge in [-0.2, -0.15) is 0 Å². The number of carbonyl (C=O) groups excluding carboxylic acids is 1. The average molecular weight is 256 g/mol. The minimum atomic E-state index is -0.103. The summed E-state index contributed by atoms with van der Waals surface area (Å²) >= 11 is 0. The summed E-state index contributed by atoms with van der Waals surface area (Å²) in [5.41, 5.74) is 0. The van der Waals surface area contributed by atoms with E-state index in [1.807, 2.05) is 4.90 Å². The van der Waals surface area contributed by atoms with Gasteiger partial charge in [0.2, 0.25) is 5.91 Å². The van der Waals surface area contributed by atoms with Crippen LogP contribution in [0.25, 0.3) is 0 Å². The first kappa shape index (κ1) is 13.8. The maximum Gasteiger partial charge on any atom is 0.240 e. The van der Waals surface area contributed by atoms with E-state index in [1.165, 1.54) is 6.42 Å². The predicted molar refractivity (Wildman–Crippen MR) is 68.3 cm³/mol. The number of aliphatic hydroxyl groups is 1. The molecule has 0 spiro atoms. The van der Waals surface area contributed by atoms with Gasteiger partial charge in [0.25, 0.3) is 0 Å². The van der Waals surface area contributed by atoms with Gasteiger partial charge in [-0.1, -0.05) is 0 Å². The van der Waals surface area contributed by atoms with Crippen LogP contribution in [0.5, 0.6) is 0 Å². The monoisotopic (exact) mass is 256 g/mol. The first-order valence-corrected chi connectivity index (χ1v) is 6.93. The Morgan fingerprint density at radius 3 is 2.78 bits per heavy atom. The number of carbonyl (C=O) groups is 1. The van der Waals surface area contributed by atoms with Crippen LogP contribution < -0.4 is 5.32 Å². The molecule has 0 aromatic heterocycles. The number of rotatable bonds is 6. The van der Waals surface area contributed by atoms with Crippen LogP contribution in [0.3, 0.4) is 0 Å². The highest BCUT2D eigenvalue weighted by Crippen LogP contribution is 2.26. The molecule has 5 heteroatoms. The van der Waals surface area contributed by atoms with Gasteiger partial charge in [-0.3, -0.25) is 4.79 Å². The molecule has 1 heterocycles. The number of aliphatic hydroxyl groups excluding tert-OH is 1. The van der Waals surface area contributed by atoms with E-state index in [9.17, 15) is 4.79 Å². The molecule has 2 fully saturated rings. The smallest absolute Gasteiger partial charge is 0.240 e. The van der Waals surface area contributed by atoms with Crippen LogP contribution in [0.4, 0.5) is 0 Å². The lowest BCUT2D eigenvalue weighted by atomic mass is 9.90. The summed E-state index contributed by atoms with van der Waals surface area (Å²) in [4.78, 5) is 14.4. The summed E-state index contributed by atoms with van der Waals surface area (Å²) in [5, 5.41) is 12.2. The summed E-state index contributed by atoms with van der Waals surface area (Å²) in [6, 6.07) is 0.293. The van der Waals surface area contributed by atoms with Crippen molar-refractivity contribution in [1.29, 1.82) is 0 Å². The van der Waals surface area contributed by atoms with Crippen molar-refractivity contribution in [3.05, 3.63) is 0 Å². The summed E-state index contributed by atoms with van der Waals surface area (Å²) in [7, 11) is 1.69. The number of methoxy groups -OCH3 is 1. The molecule has 5 nitrogen and oxygen atoms in total. The first-order valence-electron chi connectivity index (χ1n) is 6.93. The highest BCUT2D eigenvalue weighted by Gasteiger charge is 2.36. The molecule has 2 rings (SSSR count). The van der Waals surface area contributed by atoms with Crippen molar-refractivity contribution in [3.8, 4) is 0 Å². The minimum Gasteiger partial charge on any atom is -0.396 e. The third-order valence-corrected chi connectivity index (χ3v) is 4.08. The van der Waals surface area contributed by atoms with Gasteiger partial charge >= 0.3 is 0 Å². The van der Waals surface area contributed by atoms with E-state index in [0.29, 0.717) is 19.0 Å². The summed E-state index contributed by atoms with van der Waals surface area (Å²) in [6.07, 6.45) is 5.02. The molecule has 2 atom stereocenters. The molecular weight excluding hydrogens is 232 g/mol. The fourth-order valence-electron chi connectivity index (χ4n) is 2.68. The number of amides is 1. The van der Waals surface area contributed by atoms with Crippen molar-refractivity contribution in [2.75, 3.05) is 26.8 Å². The van der Waals surface area contributed by atoms with E-state index >= 15 is 0 Å². The van der Waals surface area contributed by atoms with E-state index in [-0.39, 0.29) is 24.7 Å². The summed E-state index contributed by atoms with van der Waals surface area (Å²) in [6.45, 7) is 1.58. The lowest BCUT2D eigenvalue weighted by Crippen LogP contribution is -2.51. The van der Waals surface area contributed by atoms with E-state index in [0.717, 1.165) is 25.8 Å². The van der Waals surface area contributed by atoms with Gasteiger partial charge in [-0.05, 0) is 32.1 Å². The number of ether oxygens (including phenoxy) is 1.